The smallest absolute Gasteiger partial charge is 0.142 e. The molecule has 1 heterocycles. The van der Waals surface area contributed by atoms with Crippen LogP contribution < -0.4 is 5.73 Å². The van der Waals surface area contributed by atoms with Crippen molar-refractivity contribution < 1.29 is 0 Å². The molecular formula is C12H14ClN3. The second kappa shape index (κ2) is 5.58. The molecular weight excluding hydrogens is 222 g/mol. The van der Waals surface area contributed by atoms with Crippen LogP contribution in [-0.2, 0) is 6.54 Å². The molecule has 16 heavy (non-hydrogen) atoms. The van der Waals surface area contributed by atoms with Crippen molar-refractivity contribution in [3.05, 3.63) is 47.9 Å². The molecule has 0 aliphatic rings. The summed E-state index contributed by atoms with van der Waals surface area (Å²) in [5.41, 5.74) is 8.76. The molecule has 84 valence electrons. The fourth-order valence-corrected chi connectivity index (χ4v) is 1.38. The lowest BCUT2D eigenvalue weighted by atomic mass is 10.1. The van der Waals surface area contributed by atoms with Crippen LogP contribution in [0.25, 0.3) is 11.3 Å². The van der Waals surface area contributed by atoms with E-state index in [1.165, 1.54) is 5.56 Å². The highest BCUT2D eigenvalue weighted by atomic mass is 35.5. The van der Waals surface area contributed by atoms with Gasteiger partial charge in [0.05, 0.1) is 12.2 Å². The monoisotopic (exact) mass is 235 g/mol. The Morgan fingerprint density at radius 2 is 1.81 bits per heavy atom. The zero-order valence-electron chi connectivity index (χ0n) is 9.05. The van der Waals surface area contributed by atoms with Crippen LogP contribution in [0.15, 0.2) is 36.5 Å². The highest BCUT2D eigenvalue weighted by Crippen LogP contribution is 2.16. The molecule has 0 saturated carbocycles. The molecule has 0 aliphatic carbocycles. The standard InChI is InChI=1S/C12H13N3.ClH/c1-9-2-4-10(5-3-9)11-6-7-14-12(8-13)15-11;/h2-7H,8,13H2,1H3;1H. The van der Waals surface area contributed by atoms with E-state index in [0.717, 1.165) is 11.3 Å². The number of aromatic nitrogens is 2. The Balaban J connectivity index is 0.00000128. The van der Waals surface area contributed by atoms with Gasteiger partial charge in [-0.1, -0.05) is 29.8 Å². The topological polar surface area (TPSA) is 51.8 Å². The molecule has 3 nitrogen and oxygen atoms in total. The van der Waals surface area contributed by atoms with Crippen LogP contribution in [-0.4, -0.2) is 9.97 Å². The van der Waals surface area contributed by atoms with Gasteiger partial charge < -0.3 is 5.73 Å². The van der Waals surface area contributed by atoms with Crippen molar-refractivity contribution in [2.45, 2.75) is 13.5 Å². The first kappa shape index (κ1) is 12.6. The van der Waals surface area contributed by atoms with Crippen molar-refractivity contribution >= 4 is 12.4 Å². The minimum Gasteiger partial charge on any atom is -0.324 e. The Morgan fingerprint density at radius 3 is 2.44 bits per heavy atom. The second-order valence-corrected chi connectivity index (χ2v) is 3.43. The fourth-order valence-electron chi connectivity index (χ4n) is 1.38. The van der Waals surface area contributed by atoms with Crippen LogP contribution in [0.1, 0.15) is 11.4 Å². The number of hydrogen-bond donors (Lipinski definition) is 1. The summed E-state index contributed by atoms with van der Waals surface area (Å²) in [5.74, 6) is 0.674. The average Bonchev–Trinajstić information content (AvgIpc) is 2.30. The van der Waals surface area contributed by atoms with Crippen molar-refractivity contribution in [2.75, 3.05) is 0 Å². The summed E-state index contributed by atoms with van der Waals surface area (Å²) in [7, 11) is 0. The van der Waals surface area contributed by atoms with Crippen LogP contribution in [0.2, 0.25) is 0 Å². The van der Waals surface area contributed by atoms with Gasteiger partial charge in [-0.2, -0.15) is 0 Å². The van der Waals surface area contributed by atoms with Gasteiger partial charge in [-0.15, -0.1) is 12.4 Å². The predicted octanol–water partition coefficient (Wildman–Crippen LogP) is 2.33. The van der Waals surface area contributed by atoms with Crippen molar-refractivity contribution in [1.82, 2.24) is 9.97 Å². The highest BCUT2D eigenvalue weighted by molar-refractivity contribution is 5.85. The lowest BCUT2D eigenvalue weighted by molar-refractivity contribution is 0.912. The van der Waals surface area contributed by atoms with Crippen LogP contribution in [0.5, 0.6) is 0 Å². The summed E-state index contributed by atoms with van der Waals surface area (Å²) in [4.78, 5) is 8.42. The van der Waals surface area contributed by atoms with Crippen molar-refractivity contribution in [3.8, 4) is 11.3 Å². The molecule has 2 rings (SSSR count). The molecule has 0 saturated heterocycles. The van der Waals surface area contributed by atoms with E-state index in [1.54, 1.807) is 6.20 Å². The molecule has 2 N–H and O–H groups in total. The van der Waals surface area contributed by atoms with Crippen molar-refractivity contribution in [2.24, 2.45) is 5.73 Å². The third-order valence-electron chi connectivity index (χ3n) is 2.24. The molecule has 0 atom stereocenters. The molecule has 2 aromatic rings. The Labute approximate surface area is 101 Å². The number of nitrogens with zero attached hydrogens (tertiary/aromatic N) is 2. The van der Waals surface area contributed by atoms with E-state index in [9.17, 15) is 0 Å². The largest absolute Gasteiger partial charge is 0.324 e. The van der Waals surface area contributed by atoms with Crippen LogP contribution >= 0.6 is 12.4 Å². The van der Waals surface area contributed by atoms with Crippen LogP contribution in [0.4, 0.5) is 0 Å². The maximum atomic E-state index is 5.50. The summed E-state index contributed by atoms with van der Waals surface area (Å²) in [6, 6.07) is 10.1. The number of hydrogen-bond acceptors (Lipinski definition) is 3. The lowest BCUT2D eigenvalue weighted by Gasteiger charge is -2.02. The van der Waals surface area contributed by atoms with Gasteiger partial charge in [0, 0.05) is 11.8 Å². The van der Waals surface area contributed by atoms with Crippen LogP contribution in [0.3, 0.4) is 0 Å². The van der Waals surface area contributed by atoms with Crippen molar-refractivity contribution in [3.63, 3.8) is 0 Å². The van der Waals surface area contributed by atoms with Gasteiger partial charge in [0.2, 0.25) is 0 Å². The second-order valence-electron chi connectivity index (χ2n) is 3.43. The number of halogens is 1. The third-order valence-corrected chi connectivity index (χ3v) is 2.24. The molecule has 0 bridgehead atoms. The molecule has 0 spiro atoms. The minimum atomic E-state index is 0. The molecule has 0 unspecified atom stereocenters. The number of benzene rings is 1. The summed E-state index contributed by atoms with van der Waals surface area (Å²) in [6.07, 6.45) is 1.74. The van der Waals surface area contributed by atoms with Gasteiger partial charge in [-0.25, -0.2) is 9.97 Å². The van der Waals surface area contributed by atoms with Gasteiger partial charge in [0.1, 0.15) is 5.82 Å². The van der Waals surface area contributed by atoms with E-state index in [2.05, 4.69) is 41.2 Å². The third kappa shape index (κ3) is 2.78. The molecule has 1 aromatic heterocycles. The van der Waals surface area contributed by atoms with E-state index in [-0.39, 0.29) is 12.4 Å². The minimum absolute atomic E-state index is 0. The summed E-state index contributed by atoms with van der Waals surface area (Å²) in [5, 5.41) is 0. The zero-order valence-corrected chi connectivity index (χ0v) is 9.87. The van der Waals surface area contributed by atoms with Crippen molar-refractivity contribution in [1.29, 1.82) is 0 Å². The molecule has 0 amide bonds. The van der Waals surface area contributed by atoms with E-state index < -0.39 is 0 Å². The fraction of sp³-hybridized carbons (Fsp3) is 0.167. The molecule has 1 aromatic carbocycles. The Bertz CT molecular complexity index is 454. The Morgan fingerprint density at radius 1 is 1.12 bits per heavy atom. The maximum Gasteiger partial charge on any atom is 0.142 e. The first-order chi connectivity index (χ1) is 7.29. The lowest BCUT2D eigenvalue weighted by Crippen LogP contribution is -2.02. The summed E-state index contributed by atoms with van der Waals surface area (Å²) < 4.78 is 0. The molecule has 0 radical (unpaired) electrons. The normalized spacial score (nSPS) is 9.62. The summed E-state index contributed by atoms with van der Waals surface area (Å²) >= 11 is 0. The first-order valence-electron chi connectivity index (χ1n) is 4.88. The number of nitrogens with two attached hydrogens (primary N) is 1. The Hall–Kier alpha value is -1.45. The van der Waals surface area contributed by atoms with Gasteiger partial charge in [0.25, 0.3) is 0 Å². The molecule has 0 aliphatic heterocycles. The van der Waals surface area contributed by atoms with E-state index in [1.807, 2.05) is 6.07 Å². The predicted molar refractivity (Wildman–Crippen MR) is 67.3 cm³/mol. The van der Waals surface area contributed by atoms with Gasteiger partial charge >= 0.3 is 0 Å². The Kier molecular flexibility index (Phi) is 4.40. The zero-order chi connectivity index (χ0) is 10.7. The number of rotatable bonds is 2. The van der Waals surface area contributed by atoms with E-state index >= 15 is 0 Å². The SMILES string of the molecule is Cc1ccc(-c2ccnc(CN)n2)cc1.Cl. The van der Waals surface area contributed by atoms with Gasteiger partial charge in [0.15, 0.2) is 0 Å². The van der Waals surface area contributed by atoms with E-state index in [4.69, 9.17) is 5.73 Å². The quantitative estimate of drug-likeness (QED) is 0.869. The number of aryl methyl sites for hydroxylation is 1. The van der Waals surface area contributed by atoms with Gasteiger partial charge in [-0.3, -0.25) is 0 Å². The molecule has 0 fully saturated rings. The summed E-state index contributed by atoms with van der Waals surface area (Å²) in [6.45, 7) is 2.44. The first-order valence-corrected chi connectivity index (χ1v) is 4.88. The highest BCUT2D eigenvalue weighted by Gasteiger charge is 2.00. The van der Waals surface area contributed by atoms with E-state index in [0.29, 0.717) is 12.4 Å². The maximum absolute atomic E-state index is 5.50. The van der Waals surface area contributed by atoms with Gasteiger partial charge in [-0.05, 0) is 13.0 Å². The van der Waals surface area contributed by atoms with Crippen LogP contribution in [0, 0.1) is 6.92 Å². The molecule has 4 heteroatoms. The average molecular weight is 236 g/mol.